The number of primary amides is 1. The summed E-state index contributed by atoms with van der Waals surface area (Å²) < 4.78 is 19.2. The van der Waals surface area contributed by atoms with Crippen LogP contribution in [0.1, 0.15) is 56.0 Å². The van der Waals surface area contributed by atoms with Crippen LogP contribution in [-0.4, -0.2) is 36.1 Å². The summed E-state index contributed by atoms with van der Waals surface area (Å²) in [6.45, 7) is 1.85. The highest BCUT2D eigenvalue weighted by atomic mass is 19.1. The summed E-state index contributed by atoms with van der Waals surface area (Å²) in [4.78, 5) is 36.7. The van der Waals surface area contributed by atoms with Crippen molar-refractivity contribution in [3.05, 3.63) is 48.0 Å². The molecule has 0 radical (unpaired) electrons. The molecular formula is C24H30FN5O4. The van der Waals surface area contributed by atoms with Crippen LogP contribution in [0.15, 0.2) is 45.9 Å². The Labute approximate surface area is 197 Å². The number of rotatable bonds is 10. The van der Waals surface area contributed by atoms with Crippen molar-refractivity contribution in [2.45, 2.75) is 57.5 Å². The number of furan rings is 1. The molecule has 4 amide bonds. The quantitative estimate of drug-likeness (QED) is 0.312. The van der Waals surface area contributed by atoms with Crippen molar-refractivity contribution in [2.75, 3.05) is 0 Å². The number of hydrogen-bond donors (Lipinski definition) is 4. The minimum Gasteiger partial charge on any atom is -0.451 e. The number of nitrogens with two attached hydrogens (primary N) is 1. The maximum atomic E-state index is 13.5. The predicted molar refractivity (Wildman–Crippen MR) is 125 cm³/mol. The molecule has 182 valence electrons. The number of urea groups is 1. The molecule has 0 bridgehead atoms. The van der Waals surface area contributed by atoms with E-state index in [1.165, 1.54) is 24.4 Å². The maximum absolute atomic E-state index is 13.5. The third kappa shape index (κ3) is 7.16. The third-order valence-corrected chi connectivity index (χ3v) is 5.80. The van der Waals surface area contributed by atoms with Crippen molar-refractivity contribution in [3.63, 3.8) is 0 Å². The largest absolute Gasteiger partial charge is 0.451 e. The van der Waals surface area contributed by atoms with Crippen LogP contribution >= 0.6 is 0 Å². The molecule has 1 aromatic carbocycles. The zero-order valence-corrected chi connectivity index (χ0v) is 19.1. The number of halogens is 1. The molecule has 1 heterocycles. The number of nitrogens with one attached hydrogen (secondary N) is 3. The van der Waals surface area contributed by atoms with Gasteiger partial charge in [0.2, 0.25) is 5.91 Å². The molecule has 34 heavy (non-hydrogen) atoms. The van der Waals surface area contributed by atoms with Crippen LogP contribution in [0.3, 0.4) is 0 Å². The topological polar surface area (TPSA) is 139 Å². The van der Waals surface area contributed by atoms with E-state index in [1.54, 1.807) is 18.2 Å². The van der Waals surface area contributed by atoms with Gasteiger partial charge in [0.15, 0.2) is 5.76 Å². The Bertz CT molecular complexity index is 1030. The molecule has 1 saturated carbocycles. The van der Waals surface area contributed by atoms with Gasteiger partial charge in [0.05, 0.1) is 6.04 Å². The second-order valence-corrected chi connectivity index (χ2v) is 8.36. The van der Waals surface area contributed by atoms with Gasteiger partial charge in [0.1, 0.15) is 17.6 Å². The van der Waals surface area contributed by atoms with Gasteiger partial charge in [-0.3, -0.25) is 9.59 Å². The van der Waals surface area contributed by atoms with Crippen molar-refractivity contribution < 1.29 is 23.2 Å². The van der Waals surface area contributed by atoms with Gasteiger partial charge in [0.25, 0.3) is 5.91 Å². The summed E-state index contributed by atoms with van der Waals surface area (Å²) in [6.07, 6.45) is 6.62. The van der Waals surface area contributed by atoms with Crippen LogP contribution in [0.5, 0.6) is 0 Å². The van der Waals surface area contributed by atoms with Crippen molar-refractivity contribution in [3.8, 4) is 11.3 Å². The molecule has 1 aromatic heterocycles. The highest BCUT2D eigenvalue weighted by Gasteiger charge is 2.28. The molecule has 5 N–H and O–H groups in total. The Morgan fingerprint density at radius 3 is 2.65 bits per heavy atom. The van der Waals surface area contributed by atoms with Gasteiger partial charge in [-0.05, 0) is 43.0 Å². The van der Waals surface area contributed by atoms with E-state index in [2.05, 4.69) is 21.2 Å². The van der Waals surface area contributed by atoms with E-state index in [4.69, 9.17) is 10.2 Å². The molecule has 0 aliphatic heterocycles. The fourth-order valence-corrected chi connectivity index (χ4v) is 4.02. The Balaban J connectivity index is 1.70. The van der Waals surface area contributed by atoms with E-state index in [1.807, 2.05) is 6.92 Å². The molecular weight excluding hydrogens is 441 g/mol. The van der Waals surface area contributed by atoms with Gasteiger partial charge in [-0.2, -0.15) is 5.10 Å². The van der Waals surface area contributed by atoms with E-state index in [-0.39, 0.29) is 11.7 Å². The number of amides is 4. The lowest BCUT2D eigenvalue weighted by Gasteiger charge is -2.23. The van der Waals surface area contributed by atoms with Gasteiger partial charge in [-0.1, -0.05) is 44.7 Å². The maximum Gasteiger partial charge on any atom is 0.332 e. The Morgan fingerprint density at radius 1 is 1.21 bits per heavy atom. The first-order chi connectivity index (χ1) is 16.4. The average Bonchev–Trinajstić information content (AvgIpc) is 3.50. The lowest BCUT2D eigenvalue weighted by molar-refractivity contribution is -0.123. The summed E-state index contributed by atoms with van der Waals surface area (Å²) in [5, 5.41) is 9.34. The van der Waals surface area contributed by atoms with Gasteiger partial charge in [0, 0.05) is 11.8 Å². The van der Waals surface area contributed by atoms with Crippen LogP contribution in [0.4, 0.5) is 9.18 Å². The van der Waals surface area contributed by atoms with E-state index in [0.717, 1.165) is 25.7 Å². The number of benzene rings is 1. The van der Waals surface area contributed by atoms with Crippen LogP contribution in [0.2, 0.25) is 0 Å². The fraction of sp³-hybridized carbons (Fsp3) is 0.417. The minimum atomic E-state index is -0.806. The summed E-state index contributed by atoms with van der Waals surface area (Å²) in [6, 6.07) is 6.93. The first kappa shape index (κ1) is 24.9. The highest BCUT2D eigenvalue weighted by Crippen LogP contribution is 2.29. The molecule has 1 aliphatic carbocycles. The summed E-state index contributed by atoms with van der Waals surface area (Å²) in [7, 11) is 0. The third-order valence-electron chi connectivity index (χ3n) is 5.80. The Morgan fingerprint density at radius 2 is 1.97 bits per heavy atom. The SMILES string of the molecule is CC[C@@H](/C=N/NC(N)=O)NC(=O)[C@H](CC1CCCC1)NC(=O)c1ccc(-c2cccc(F)c2)o1. The van der Waals surface area contributed by atoms with Gasteiger partial charge in [-0.25, -0.2) is 14.6 Å². The lowest BCUT2D eigenvalue weighted by Crippen LogP contribution is -2.50. The Kier molecular flexibility index (Phi) is 8.78. The van der Waals surface area contributed by atoms with Crippen LogP contribution in [0.25, 0.3) is 11.3 Å². The summed E-state index contributed by atoms with van der Waals surface area (Å²) >= 11 is 0. The molecule has 1 aliphatic rings. The minimum absolute atomic E-state index is 0.0303. The smallest absolute Gasteiger partial charge is 0.332 e. The zero-order chi connectivity index (χ0) is 24.5. The van der Waals surface area contributed by atoms with Crippen LogP contribution in [-0.2, 0) is 4.79 Å². The number of hydrazone groups is 1. The Hall–Kier alpha value is -3.69. The number of carbonyl (C=O) groups excluding carboxylic acids is 3. The molecule has 1 fully saturated rings. The number of carbonyl (C=O) groups is 3. The summed E-state index contributed by atoms with van der Waals surface area (Å²) in [5.74, 6) is -0.574. The van der Waals surface area contributed by atoms with Crippen molar-refractivity contribution in [1.82, 2.24) is 16.1 Å². The monoisotopic (exact) mass is 471 g/mol. The van der Waals surface area contributed by atoms with Gasteiger partial charge >= 0.3 is 6.03 Å². The van der Waals surface area contributed by atoms with Crippen molar-refractivity contribution >= 4 is 24.1 Å². The molecule has 0 spiro atoms. The highest BCUT2D eigenvalue weighted by molar-refractivity contribution is 5.96. The van der Waals surface area contributed by atoms with Crippen molar-refractivity contribution in [1.29, 1.82) is 0 Å². The van der Waals surface area contributed by atoms with Gasteiger partial charge < -0.3 is 20.8 Å². The van der Waals surface area contributed by atoms with E-state index in [9.17, 15) is 18.8 Å². The molecule has 0 saturated heterocycles. The molecule has 0 unspecified atom stereocenters. The van der Waals surface area contributed by atoms with Gasteiger partial charge in [-0.15, -0.1) is 0 Å². The second-order valence-electron chi connectivity index (χ2n) is 8.36. The predicted octanol–water partition coefficient (Wildman–Crippen LogP) is 3.31. The normalized spacial score (nSPS) is 15.7. The molecule has 9 nitrogen and oxygen atoms in total. The average molecular weight is 472 g/mol. The zero-order valence-electron chi connectivity index (χ0n) is 19.1. The standard InChI is InChI=1S/C24H30FN5O4/c1-2-18(14-27-30-24(26)33)28-22(31)19(12-15-6-3-4-7-15)29-23(32)21-11-10-20(34-21)16-8-5-9-17(25)13-16/h5,8-11,13-15,18-19H,2-4,6-7,12H2,1H3,(H,28,31)(H,29,32)(H3,26,30,33)/b27-14+/t18-,19-/m0/s1. The van der Waals surface area contributed by atoms with Crippen molar-refractivity contribution in [2.24, 2.45) is 16.8 Å². The number of hydrogen-bond acceptors (Lipinski definition) is 5. The van der Waals surface area contributed by atoms with Crippen LogP contribution < -0.4 is 21.8 Å². The first-order valence-corrected chi connectivity index (χ1v) is 11.4. The molecule has 2 atom stereocenters. The fourth-order valence-electron chi connectivity index (χ4n) is 4.02. The van der Waals surface area contributed by atoms with E-state index >= 15 is 0 Å². The molecule has 10 heteroatoms. The molecule has 3 rings (SSSR count). The lowest BCUT2D eigenvalue weighted by atomic mass is 9.97. The van der Waals surface area contributed by atoms with E-state index in [0.29, 0.717) is 30.1 Å². The number of nitrogens with zero attached hydrogens (tertiary/aromatic N) is 1. The molecule has 2 aromatic rings. The van der Waals surface area contributed by atoms with Crippen LogP contribution in [0, 0.1) is 11.7 Å². The first-order valence-electron chi connectivity index (χ1n) is 11.4. The summed E-state index contributed by atoms with van der Waals surface area (Å²) in [5.41, 5.74) is 7.60. The second kappa shape index (κ2) is 12.0. The van der Waals surface area contributed by atoms with E-state index < -0.39 is 29.8 Å².